The Labute approximate surface area is 103 Å². The lowest BCUT2D eigenvalue weighted by molar-refractivity contribution is -0.139. The molecule has 0 bridgehead atoms. The standard InChI is InChI=1S/C10H5BrF3NO2/c11-8-2-5(3-9(16)17)7(10(12,13)14)1-6(8)4-15/h1-2H,3H2,(H,16,17). The summed E-state index contributed by atoms with van der Waals surface area (Å²) in [5, 5.41) is 17.1. The van der Waals surface area contributed by atoms with Gasteiger partial charge in [0.05, 0.1) is 17.5 Å². The van der Waals surface area contributed by atoms with E-state index >= 15 is 0 Å². The number of halogens is 4. The third-order valence-corrected chi connectivity index (χ3v) is 2.62. The molecular formula is C10H5BrF3NO2. The van der Waals surface area contributed by atoms with Gasteiger partial charge in [0.15, 0.2) is 0 Å². The molecule has 0 saturated carbocycles. The zero-order valence-electron chi connectivity index (χ0n) is 8.18. The molecule has 0 aliphatic heterocycles. The highest BCUT2D eigenvalue weighted by atomic mass is 79.9. The van der Waals surface area contributed by atoms with Gasteiger partial charge in [-0.2, -0.15) is 18.4 Å². The monoisotopic (exact) mass is 307 g/mol. The predicted octanol–water partition coefficient (Wildman–Crippen LogP) is 2.97. The number of carbonyl (C=O) groups is 1. The second-order valence-electron chi connectivity index (χ2n) is 3.17. The van der Waals surface area contributed by atoms with Crippen LogP contribution in [0.15, 0.2) is 16.6 Å². The average molecular weight is 308 g/mol. The largest absolute Gasteiger partial charge is 0.481 e. The number of rotatable bonds is 2. The molecule has 0 saturated heterocycles. The van der Waals surface area contributed by atoms with Crippen LogP contribution in [0.4, 0.5) is 13.2 Å². The number of benzene rings is 1. The SMILES string of the molecule is N#Cc1cc(C(F)(F)F)c(CC(=O)O)cc1Br. The maximum atomic E-state index is 12.6. The minimum atomic E-state index is -4.68. The van der Waals surface area contributed by atoms with Crippen molar-refractivity contribution in [2.24, 2.45) is 0 Å². The summed E-state index contributed by atoms with van der Waals surface area (Å²) >= 11 is 2.92. The molecule has 0 amide bonds. The fourth-order valence-corrected chi connectivity index (χ4v) is 1.75. The average Bonchev–Trinajstić information content (AvgIpc) is 2.14. The van der Waals surface area contributed by atoms with E-state index in [0.29, 0.717) is 6.07 Å². The van der Waals surface area contributed by atoms with Crippen LogP contribution in [0.1, 0.15) is 16.7 Å². The van der Waals surface area contributed by atoms with Gasteiger partial charge in [-0.15, -0.1) is 0 Å². The zero-order valence-corrected chi connectivity index (χ0v) is 9.76. The van der Waals surface area contributed by atoms with Crippen LogP contribution in [0.5, 0.6) is 0 Å². The molecule has 0 atom stereocenters. The van der Waals surface area contributed by atoms with Crippen molar-refractivity contribution >= 4 is 21.9 Å². The Morgan fingerprint density at radius 3 is 2.47 bits per heavy atom. The van der Waals surface area contributed by atoms with E-state index in [1.54, 1.807) is 6.07 Å². The minimum Gasteiger partial charge on any atom is -0.481 e. The molecule has 0 fully saturated rings. The van der Waals surface area contributed by atoms with Crippen LogP contribution < -0.4 is 0 Å². The molecule has 17 heavy (non-hydrogen) atoms. The smallest absolute Gasteiger partial charge is 0.416 e. The van der Waals surface area contributed by atoms with Crippen LogP contribution in [0.2, 0.25) is 0 Å². The van der Waals surface area contributed by atoms with Crippen molar-refractivity contribution in [2.75, 3.05) is 0 Å². The molecule has 0 radical (unpaired) electrons. The Morgan fingerprint density at radius 2 is 2.06 bits per heavy atom. The van der Waals surface area contributed by atoms with Crippen LogP contribution in [0.3, 0.4) is 0 Å². The van der Waals surface area contributed by atoms with Crippen LogP contribution in [0, 0.1) is 11.3 Å². The van der Waals surface area contributed by atoms with E-state index in [1.165, 1.54) is 0 Å². The van der Waals surface area contributed by atoms with Crippen molar-refractivity contribution in [3.63, 3.8) is 0 Å². The number of nitrogens with zero attached hydrogens (tertiary/aromatic N) is 1. The highest BCUT2D eigenvalue weighted by molar-refractivity contribution is 9.10. The number of carboxylic acids is 1. The van der Waals surface area contributed by atoms with Crippen LogP contribution in [-0.2, 0) is 17.4 Å². The Balaban J connectivity index is 3.43. The minimum absolute atomic E-state index is 0.143. The molecule has 0 spiro atoms. The highest BCUT2D eigenvalue weighted by Gasteiger charge is 2.34. The summed E-state index contributed by atoms with van der Waals surface area (Å²) in [6.45, 7) is 0. The molecule has 0 unspecified atom stereocenters. The predicted molar refractivity (Wildman–Crippen MR) is 55.2 cm³/mol. The first-order chi connectivity index (χ1) is 7.75. The van der Waals surface area contributed by atoms with Gasteiger partial charge in [-0.25, -0.2) is 0 Å². The Morgan fingerprint density at radius 1 is 1.47 bits per heavy atom. The fraction of sp³-hybridized carbons (Fsp3) is 0.200. The van der Waals surface area contributed by atoms with Gasteiger partial charge < -0.3 is 5.11 Å². The third-order valence-electron chi connectivity index (χ3n) is 1.96. The van der Waals surface area contributed by atoms with Gasteiger partial charge in [-0.3, -0.25) is 4.79 Å². The Kier molecular flexibility index (Phi) is 3.78. The molecule has 0 aliphatic carbocycles. The van der Waals surface area contributed by atoms with E-state index in [9.17, 15) is 18.0 Å². The summed E-state index contributed by atoms with van der Waals surface area (Å²) in [7, 11) is 0. The molecule has 90 valence electrons. The second kappa shape index (κ2) is 4.75. The van der Waals surface area contributed by atoms with Crippen molar-refractivity contribution < 1.29 is 23.1 Å². The molecule has 1 aromatic rings. The van der Waals surface area contributed by atoms with Crippen LogP contribution in [-0.4, -0.2) is 11.1 Å². The summed E-state index contributed by atoms with van der Waals surface area (Å²) in [5.41, 5.74) is -1.66. The van der Waals surface area contributed by atoms with Crippen molar-refractivity contribution in [1.82, 2.24) is 0 Å². The number of nitriles is 1. The number of hydrogen-bond donors (Lipinski definition) is 1. The van der Waals surface area contributed by atoms with Crippen molar-refractivity contribution in [3.8, 4) is 6.07 Å². The molecule has 0 aromatic heterocycles. The lowest BCUT2D eigenvalue weighted by atomic mass is 10.0. The number of carboxylic acid groups (broad SMARTS) is 1. The first kappa shape index (κ1) is 13.5. The van der Waals surface area contributed by atoms with Gasteiger partial charge in [-0.05, 0) is 33.6 Å². The van der Waals surface area contributed by atoms with Gasteiger partial charge in [-0.1, -0.05) is 0 Å². The third kappa shape index (κ3) is 3.20. The molecule has 0 heterocycles. The molecule has 7 heteroatoms. The highest BCUT2D eigenvalue weighted by Crippen LogP contribution is 2.35. The van der Waals surface area contributed by atoms with Gasteiger partial charge in [0, 0.05) is 4.47 Å². The fourth-order valence-electron chi connectivity index (χ4n) is 1.27. The summed E-state index contributed by atoms with van der Waals surface area (Å²) in [6, 6.07) is 3.24. The topological polar surface area (TPSA) is 61.1 Å². The molecule has 1 aromatic carbocycles. The normalized spacial score (nSPS) is 11.0. The van der Waals surface area contributed by atoms with Crippen molar-refractivity contribution in [3.05, 3.63) is 33.3 Å². The van der Waals surface area contributed by atoms with E-state index in [2.05, 4.69) is 15.9 Å². The van der Waals surface area contributed by atoms with E-state index in [-0.39, 0.29) is 15.6 Å². The summed E-state index contributed by atoms with van der Waals surface area (Å²) in [6.07, 6.45) is -5.43. The van der Waals surface area contributed by atoms with E-state index in [4.69, 9.17) is 10.4 Å². The zero-order chi connectivity index (χ0) is 13.2. The lowest BCUT2D eigenvalue weighted by Crippen LogP contribution is -2.13. The number of hydrogen-bond acceptors (Lipinski definition) is 2. The molecular weight excluding hydrogens is 303 g/mol. The maximum absolute atomic E-state index is 12.6. The van der Waals surface area contributed by atoms with Crippen molar-refractivity contribution in [1.29, 1.82) is 5.26 Å². The van der Waals surface area contributed by atoms with Crippen LogP contribution in [0.25, 0.3) is 0 Å². The first-order valence-electron chi connectivity index (χ1n) is 4.27. The first-order valence-corrected chi connectivity index (χ1v) is 5.06. The summed E-state index contributed by atoms with van der Waals surface area (Å²) < 4.78 is 38.0. The van der Waals surface area contributed by atoms with E-state index in [1.807, 2.05) is 0 Å². The van der Waals surface area contributed by atoms with E-state index in [0.717, 1.165) is 6.07 Å². The number of alkyl halides is 3. The van der Waals surface area contributed by atoms with Crippen molar-refractivity contribution in [2.45, 2.75) is 12.6 Å². The lowest BCUT2D eigenvalue weighted by Gasteiger charge is -2.12. The molecule has 1 rings (SSSR count). The quantitative estimate of drug-likeness (QED) is 0.913. The molecule has 1 N–H and O–H groups in total. The Bertz CT molecular complexity index is 505. The molecule has 0 aliphatic rings. The van der Waals surface area contributed by atoms with E-state index < -0.39 is 24.1 Å². The van der Waals surface area contributed by atoms with Gasteiger partial charge in [0.1, 0.15) is 6.07 Å². The number of aliphatic carboxylic acids is 1. The summed E-state index contributed by atoms with van der Waals surface area (Å²) in [4.78, 5) is 10.5. The maximum Gasteiger partial charge on any atom is 0.416 e. The molecule has 3 nitrogen and oxygen atoms in total. The summed E-state index contributed by atoms with van der Waals surface area (Å²) in [5.74, 6) is -1.37. The van der Waals surface area contributed by atoms with Gasteiger partial charge in [0.2, 0.25) is 0 Å². The van der Waals surface area contributed by atoms with Gasteiger partial charge in [0.25, 0.3) is 0 Å². The van der Waals surface area contributed by atoms with Crippen LogP contribution >= 0.6 is 15.9 Å². The Hall–Kier alpha value is -1.55. The second-order valence-corrected chi connectivity index (χ2v) is 4.02. The van der Waals surface area contributed by atoms with Gasteiger partial charge >= 0.3 is 12.1 Å².